The normalized spacial score (nSPS) is 10.1. The van der Waals surface area contributed by atoms with Crippen LogP contribution in [0.4, 0.5) is 5.82 Å². The van der Waals surface area contributed by atoms with Crippen molar-refractivity contribution in [1.82, 2.24) is 9.97 Å². The SMILES string of the molecule is Cc1ccc(NC(=O)CCCOc2cccnc2)nc1. The van der Waals surface area contributed by atoms with Gasteiger partial charge >= 0.3 is 0 Å². The van der Waals surface area contributed by atoms with Crippen molar-refractivity contribution in [2.45, 2.75) is 19.8 Å². The van der Waals surface area contributed by atoms with E-state index in [0.29, 0.717) is 31.0 Å². The van der Waals surface area contributed by atoms with Crippen molar-refractivity contribution < 1.29 is 9.53 Å². The number of amides is 1. The van der Waals surface area contributed by atoms with Crippen LogP contribution in [-0.2, 0) is 4.79 Å². The maximum absolute atomic E-state index is 11.7. The second kappa shape index (κ2) is 7.23. The van der Waals surface area contributed by atoms with Gasteiger partial charge in [0, 0.05) is 18.8 Å². The molecule has 0 saturated carbocycles. The summed E-state index contributed by atoms with van der Waals surface area (Å²) >= 11 is 0. The number of ether oxygens (including phenoxy) is 1. The smallest absolute Gasteiger partial charge is 0.225 e. The van der Waals surface area contributed by atoms with Crippen molar-refractivity contribution in [3.05, 3.63) is 48.4 Å². The predicted octanol–water partition coefficient (Wildman–Crippen LogP) is 2.58. The van der Waals surface area contributed by atoms with Crippen molar-refractivity contribution in [1.29, 1.82) is 0 Å². The molecule has 1 amide bonds. The second-order valence-corrected chi connectivity index (χ2v) is 4.41. The minimum absolute atomic E-state index is 0.0591. The molecule has 5 nitrogen and oxygen atoms in total. The van der Waals surface area contributed by atoms with Crippen molar-refractivity contribution in [2.75, 3.05) is 11.9 Å². The van der Waals surface area contributed by atoms with Gasteiger partial charge in [0.1, 0.15) is 11.6 Å². The molecule has 0 saturated heterocycles. The quantitative estimate of drug-likeness (QED) is 0.820. The van der Waals surface area contributed by atoms with Gasteiger partial charge in [0.15, 0.2) is 0 Å². The molecule has 0 spiro atoms. The van der Waals surface area contributed by atoms with Crippen LogP contribution in [-0.4, -0.2) is 22.5 Å². The first kappa shape index (κ1) is 14.0. The van der Waals surface area contributed by atoms with E-state index in [1.165, 1.54) is 0 Å². The fourth-order valence-electron chi connectivity index (χ4n) is 1.60. The Labute approximate surface area is 118 Å². The highest BCUT2D eigenvalue weighted by atomic mass is 16.5. The minimum atomic E-state index is -0.0591. The molecular weight excluding hydrogens is 254 g/mol. The number of carbonyl (C=O) groups is 1. The van der Waals surface area contributed by atoms with E-state index in [1.54, 1.807) is 24.7 Å². The van der Waals surface area contributed by atoms with Gasteiger partial charge in [-0.05, 0) is 37.1 Å². The van der Waals surface area contributed by atoms with E-state index in [9.17, 15) is 4.79 Å². The van der Waals surface area contributed by atoms with Crippen molar-refractivity contribution in [2.24, 2.45) is 0 Å². The van der Waals surface area contributed by atoms with E-state index in [-0.39, 0.29) is 5.91 Å². The van der Waals surface area contributed by atoms with E-state index in [0.717, 1.165) is 5.56 Å². The average Bonchev–Trinajstić information content (AvgIpc) is 2.47. The van der Waals surface area contributed by atoms with Gasteiger partial charge in [-0.2, -0.15) is 0 Å². The Hall–Kier alpha value is -2.43. The van der Waals surface area contributed by atoms with E-state index < -0.39 is 0 Å². The molecule has 1 N–H and O–H groups in total. The van der Waals surface area contributed by atoms with Crippen LogP contribution in [0.3, 0.4) is 0 Å². The summed E-state index contributed by atoms with van der Waals surface area (Å²) in [5.74, 6) is 1.23. The molecule has 0 unspecified atom stereocenters. The van der Waals surface area contributed by atoms with Gasteiger partial charge in [-0.3, -0.25) is 9.78 Å². The number of hydrogen-bond acceptors (Lipinski definition) is 4. The van der Waals surface area contributed by atoms with E-state index in [2.05, 4.69) is 15.3 Å². The number of aryl methyl sites for hydroxylation is 1. The first-order chi connectivity index (χ1) is 9.74. The summed E-state index contributed by atoms with van der Waals surface area (Å²) < 4.78 is 5.46. The molecule has 0 aromatic carbocycles. The summed E-state index contributed by atoms with van der Waals surface area (Å²) in [5.41, 5.74) is 1.06. The van der Waals surface area contributed by atoms with Crippen LogP contribution in [0.2, 0.25) is 0 Å². The molecule has 0 atom stereocenters. The molecule has 2 aromatic rings. The molecule has 20 heavy (non-hydrogen) atoms. The summed E-state index contributed by atoms with van der Waals surface area (Å²) in [7, 11) is 0. The van der Waals surface area contributed by atoms with Gasteiger partial charge in [0.2, 0.25) is 5.91 Å². The zero-order valence-corrected chi connectivity index (χ0v) is 11.4. The van der Waals surface area contributed by atoms with Gasteiger partial charge in [0.25, 0.3) is 0 Å². The lowest BCUT2D eigenvalue weighted by atomic mass is 10.3. The van der Waals surface area contributed by atoms with Crippen LogP contribution in [0, 0.1) is 6.92 Å². The van der Waals surface area contributed by atoms with E-state index >= 15 is 0 Å². The van der Waals surface area contributed by atoms with Crippen molar-refractivity contribution in [3.8, 4) is 5.75 Å². The van der Waals surface area contributed by atoms with Gasteiger partial charge < -0.3 is 10.1 Å². The highest BCUT2D eigenvalue weighted by Gasteiger charge is 2.03. The van der Waals surface area contributed by atoms with Crippen LogP contribution in [0.5, 0.6) is 5.75 Å². The molecule has 2 rings (SSSR count). The summed E-state index contributed by atoms with van der Waals surface area (Å²) in [6.07, 6.45) is 6.11. The molecule has 5 heteroatoms. The van der Waals surface area contributed by atoms with Crippen LogP contribution < -0.4 is 10.1 Å². The molecule has 104 valence electrons. The predicted molar refractivity (Wildman–Crippen MR) is 76.6 cm³/mol. The number of nitrogens with zero attached hydrogens (tertiary/aromatic N) is 2. The third kappa shape index (κ3) is 4.68. The fourth-order valence-corrected chi connectivity index (χ4v) is 1.60. The summed E-state index contributed by atoms with van der Waals surface area (Å²) in [4.78, 5) is 19.8. The van der Waals surface area contributed by atoms with Gasteiger partial charge in [-0.25, -0.2) is 4.98 Å². The van der Waals surface area contributed by atoms with Crippen LogP contribution in [0.1, 0.15) is 18.4 Å². The maximum Gasteiger partial charge on any atom is 0.225 e. The lowest BCUT2D eigenvalue weighted by Crippen LogP contribution is -2.13. The third-order valence-electron chi connectivity index (χ3n) is 2.63. The Morgan fingerprint density at radius 2 is 2.20 bits per heavy atom. The van der Waals surface area contributed by atoms with Crippen LogP contribution >= 0.6 is 0 Å². The number of hydrogen-bond donors (Lipinski definition) is 1. The average molecular weight is 271 g/mol. The highest BCUT2D eigenvalue weighted by molar-refractivity contribution is 5.89. The number of carbonyl (C=O) groups excluding carboxylic acids is 1. The van der Waals surface area contributed by atoms with Gasteiger partial charge in [0.05, 0.1) is 12.8 Å². The maximum atomic E-state index is 11.7. The Bertz CT molecular complexity index is 541. The van der Waals surface area contributed by atoms with Crippen molar-refractivity contribution >= 4 is 11.7 Å². The number of pyridine rings is 2. The molecule has 0 fully saturated rings. The molecule has 2 heterocycles. The highest BCUT2D eigenvalue weighted by Crippen LogP contribution is 2.08. The third-order valence-corrected chi connectivity index (χ3v) is 2.63. The standard InChI is InChI=1S/C15H17N3O2/c1-12-6-7-14(17-10-12)18-15(19)5-3-9-20-13-4-2-8-16-11-13/h2,4,6-8,10-11H,3,5,9H2,1H3,(H,17,18,19). The molecule has 0 radical (unpaired) electrons. The molecule has 0 bridgehead atoms. The molecule has 0 aliphatic carbocycles. The largest absolute Gasteiger partial charge is 0.492 e. The number of rotatable bonds is 6. The second-order valence-electron chi connectivity index (χ2n) is 4.41. The van der Waals surface area contributed by atoms with Crippen molar-refractivity contribution in [3.63, 3.8) is 0 Å². The Morgan fingerprint density at radius 1 is 1.30 bits per heavy atom. The Balaban J connectivity index is 1.66. The topological polar surface area (TPSA) is 64.1 Å². The zero-order chi connectivity index (χ0) is 14.2. The summed E-state index contributed by atoms with van der Waals surface area (Å²) in [6.45, 7) is 2.44. The molecule has 2 aromatic heterocycles. The van der Waals surface area contributed by atoms with Crippen LogP contribution in [0.25, 0.3) is 0 Å². The minimum Gasteiger partial charge on any atom is -0.492 e. The zero-order valence-electron chi connectivity index (χ0n) is 11.4. The summed E-state index contributed by atoms with van der Waals surface area (Å²) in [5, 5.41) is 2.75. The monoisotopic (exact) mass is 271 g/mol. The number of nitrogens with one attached hydrogen (secondary N) is 1. The Kier molecular flexibility index (Phi) is 5.06. The molecular formula is C15H17N3O2. The number of anilines is 1. The Morgan fingerprint density at radius 3 is 2.90 bits per heavy atom. The first-order valence-electron chi connectivity index (χ1n) is 6.49. The van der Waals surface area contributed by atoms with Crippen LogP contribution in [0.15, 0.2) is 42.9 Å². The molecule has 0 aliphatic rings. The molecule has 0 aliphatic heterocycles. The lowest BCUT2D eigenvalue weighted by molar-refractivity contribution is -0.116. The van der Waals surface area contributed by atoms with E-state index in [1.807, 2.05) is 25.1 Å². The number of aromatic nitrogens is 2. The fraction of sp³-hybridized carbons (Fsp3) is 0.267. The van der Waals surface area contributed by atoms with Gasteiger partial charge in [-0.1, -0.05) is 6.07 Å². The first-order valence-corrected chi connectivity index (χ1v) is 6.49. The lowest BCUT2D eigenvalue weighted by Gasteiger charge is -2.06. The van der Waals surface area contributed by atoms with Gasteiger partial charge in [-0.15, -0.1) is 0 Å². The van der Waals surface area contributed by atoms with E-state index in [4.69, 9.17) is 4.74 Å². The summed E-state index contributed by atoms with van der Waals surface area (Å²) in [6, 6.07) is 7.35.